The lowest BCUT2D eigenvalue weighted by Gasteiger charge is -2.17. The van der Waals surface area contributed by atoms with E-state index in [0.717, 1.165) is 13.0 Å². The summed E-state index contributed by atoms with van der Waals surface area (Å²) in [6.07, 6.45) is 0.990. The minimum atomic E-state index is -0.270. The van der Waals surface area contributed by atoms with Crippen molar-refractivity contribution in [2.75, 3.05) is 20.1 Å². The molecule has 0 radical (unpaired) electrons. The Bertz CT molecular complexity index is 368. The molecule has 0 bridgehead atoms. The van der Waals surface area contributed by atoms with Crippen molar-refractivity contribution >= 4 is 5.91 Å². The Hall–Kier alpha value is -1.42. The van der Waals surface area contributed by atoms with E-state index in [1.54, 1.807) is 25.2 Å². The number of amides is 1. The smallest absolute Gasteiger partial charge is 0.236 e. The van der Waals surface area contributed by atoms with Gasteiger partial charge in [0.25, 0.3) is 0 Å². The van der Waals surface area contributed by atoms with Crippen LogP contribution < -0.4 is 5.32 Å². The van der Waals surface area contributed by atoms with Crippen LogP contribution in [0.3, 0.4) is 0 Å². The monoisotopic (exact) mass is 238 g/mol. The third-order valence-electron chi connectivity index (χ3n) is 2.49. The molecule has 0 aliphatic heterocycles. The summed E-state index contributed by atoms with van der Waals surface area (Å²) in [4.78, 5) is 13.2. The summed E-state index contributed by atoms with van der Waals surface area (Å²) in [6, 6.07) is 6.51. The van der Waals surface area contributed by atoms with Crippen LogP contribution in [-0.4, -0.2) is 30.9 Å². The Kier molecular flexibility index (Phi) is 5.63. The van der Waals surface area contributed by atoms with E-state index in [4.69, 9.17) is 0 Å². The fraction of sp³-hybridized carbons (Fsp3) is 0.462. The Morgan fingerprint density at radius 3 is 2.76 bits per heavy atom. The van der Waals surface area contributed by atoms with Crippen molar-refractivity contribution in [2.24, 2.45) is 0 Å². The molecular formula is C13H19FN2O. The molecule has 0 saturated heterocycles. The van der Waals surface area contributed by atoms with Crippen LogP contribution >= 0.6 is 0 Å². The van der Waals surface area contributed by atoms with Gasteiger partial charge in [0.2, 0.25) is 5.91 Å². The second kappa shape index (κ2) is 7.01. The minimum Gasteiger partial charge on any atom is -0.340 e. The first-order chi connectivity index (χ1) is 8.15. The SMILES string of the molecule is CCCNCC(=O)N(C)Cc1ccccc1F. The number of hydrogen-bond acceptors (Lipinski definition) is 2. The lowest BCUT2D eigenvalue weighted by molar-refractivity contribution is -0.129. The van der Waals surface area contributed by atoms with Crippen LogP contribution in [0, 0.1) is 5.82 Å². The molecule has 4 heteroatoms. The summed E-state index contributed by atoms with van der Waals surface area (Å²) in [7, 11) is 1.68. The summed E-state index contributed by atoms with van der Waals surface area (Å²) in [5.74, 6) is -0.296. The topological polar surface area (TPSA) is 32.3 Å². The molecule has 1 rings (SSSR count). The van der Waals surface area contributed by atoms with E-state index >= 15 is 0 Å². The summed E-state index contributed by atoms with van der Waals surface area (Å²) < 4.78 is 13.4. The van der Waals surface area contributed by atoms with Crippen LogP contribution in [0.25, 0.3) is 0 Å². The number of nitrogens with one attached hydrogen (secondary N) is 1. The van der Waals surface area contributed by atoms with Gasteiger partial charge >= 0.3 is 0 Å². The molecule has 0 unspecified atom stereocenters. The third kappa shape index (κ3) is 4.53. The van der Waals surface area contributed by atoms with E-state index in [9.17, 15) is 9.18 Å². The Labute approximate surface area is 102 Å². The van der Waals surface area contributed by atoms with Crippen molar-refractivity contribution in [1.82, 2.24) is 10.2 Å². The highest BCUT2D eigenvalue weighted by atomic mass is 19.1. The molecule has 0 aromatic heterocycles. The quantitative estimate of drug-likeness (QED) is 0.766. The number of carbonyl (C=O) groups excluding carboxylic acids is 1. The lowest BCUT2D eigenvalue weighted by Crippen LogP contribution is -2.35. The predicted octanol–water partition coefficient (Wildman–Crippen LogP) is 1.78. The van der Waals surface area contributed by atoms with Gasteiger partial charge in [0.05, 0.1) is 6.54 Å². The van der Waals surface area contributed by atoms with E-state index in [-0.39, 0.29) is 11.7 Å². The molecule has 17 heavy (non-hydrogen) atoms. The molecule has 94 valence electrons. The Morgan fingerprint density at radius 1 is 1.41 bits per heavy atom. The van der Waals surface area contributed by atoms with Crippen LogP contribution in [0.5, 0.6) is 0 Å². The maximum atomic E-state index is 13.4. The average molecular weight is 238 g/mol. The first-order valence-electron chi connectivity index (χ1n) is 5.83. The number of rotatable bonds is 6. The zero-order chi connectivity index (χ0) is 12.7. The van der Waals surface area contributed by atoms with Gasteiger partial charge in [-0.05, 0) is 19.0 Å². The number of benzene rings is 1. The second-order valence-corrected chi connectivity index (χ2v) is 4.02. The highest BCUT2D eigenvalue weighted by Gasteiger charge is 2.10. The molecule has 1 N–H and O–H groups in total. The molecule has 0 atom stereocenters. The molecule has 0 heterocycles. The van der Waals surface area contributed by atoms with Gasteiger partial charge in [0.1, 0.15) is 5.82 Å². The zero-order valence-electron chi connectivity index (χ0n) is 10.4. The number of halogens is 1. The maximum Gasteiger partial charge on any atom is 0.236 e. The molecule has 0 spiro atoms. The standard InChI is InChI=1S/C13H19FN2O/c1-3-8-15-9-13(17)16(2)10-11-6-4-5-7-12(11)14/h4-7,15H,3,8-10H2,1-2H3. The fourth-order valence-corrected chi connectivity index (χ4v) is 1.48. The summed E-state index contributed by atoms with van der Waals surface area (Å²) in [5.41, 5.74) is 0.541. The van der Waals surface area contributed by atoms with Gasteiger partial charge in [-0.1, -0.05) is 25.1 Å². The van der Waals surface area contributed by atoms with E-state index in [2.05, 4.69) is 5.32 Å². The summed E-state index contributed by atoms with van der Waals surface area (Å²) in [5, 5.41) is 3.03. The average Bonchev–Trinajstić information content (AvgIpc) is 2.32. The van der Waals surface area contributed by atoms with Crippen molar-refractivity contribution in [3.63, 3.8) is 0 Å². The Morgan fingerprint density at radius 2 is 2.12 bits per heavy atom. The van der Waals surface area contributed by atoms with Crippen molar-refractivity contribution < 1.29 is 9.18 Å². The highest BCUT2D eigenvalue weighted by Crippen LogP contribution is 2.08. The van der Waals surface area contributed by atoms with Gasteiger partial charge < -0.3 is 10.2 Å². The second-order valence-electron chi connectivity index (χ2n) is 4.02. The molecule has 0 aliphatic rings. The van der Waals surface area contributed by atoms with Gasteiger partial charge in [-0.15, -0.1) is 0 Å². The molecule has 0 aliphatic carbocycles. The third-order valence-corrected chi connectivity index (χ3v) is 2.49. The van der Waals surface area contributed by atoms with E-state index in [0.29, 0.717) is 18.7 Å². The molecule has 1 aromatic rings. The van der Waals surface area contributed by atoms with Gasteiger partial charge in [-0.2, -0.15) is 0 Å². The molecule has 1 amide bonds. The van der Waals surface area contributed by atoms with Gasteiger partial charge in [0, 0.05) is 19.2 Å². The maximum absolute atomic E-state index is 13.4. The van der Waals surface area contributed by atoms with Crippen LogP contribution in [-0.2, 0) is 11.3 Å². The van der Waals surface area contributed by atoms with E-state index < -0.39 is 0 Å². The van der Waals surface area contributed by atoms with Gasteiger partial charge in [0.15, 0.2) is 0 Å². The van der Waals surface area contributed by atoms with Gasteiger partial charge in [-0.25, -0.2) is 4.39 Å². The predicted molar refractivity (Wildman–Crippen MR) is 66.0 cm³/mol. The Balaban J connectivity index is 2.46. The van der Waals surface area contributed by atoms with Crippen molar-refractivity contribution in [3.05, 3.63) is 35.6 Å². The first-order valence-corrected chi connectivity index (χ1v) is 5.83. The molecule has 3 nitrogen and oxygen atoms in total. The van der Waals surface area contributed by atoms with Crippen molar-refractivity contribution in [3.8, 4) is 0 Å². The number of carbonyl (C=O) groups is 1. The van der Waals surface area contributed by atoms with Crippen LogP contribution in [0.15, 0.2) is 24.3 Å². The van der Waals surface area contributed by atoms with Gasteiger partial charge in [-0.3, -0.25) is 4.79 Å². The largest absolute Gasteiger partial charge is 0.340 e. The zero-order valence-corrected chi connectivity index (χ0v) is 10.4. The molecule has 0 saturated carbocycles. The first kappa shape index (κ1) is 13.6. The molecular weight excluding hydrogens is 219 g/mol. The van der Waals surface area contributed by atoms with Crippen molar-refractivity contribution in [2.45, 2.75) is 19.9 Å². The van der Waals surface area contributed by atoms with E-state index in [1.807, 2.05) is 6.92 Å². The molecule has 1 aromatic carbocycles. The minimum absolute atomic E-state index is 0.0262. The number of likely N-dealkylation sites (N-methyl/N-ethyl adjacent to an activating group) is 1. The normalized spacial score (nSPS) is 10.3. The number of nitrogens with zero attached hydrogens (tertiary/aromatic N) is 1. The summed E-state index contributed by atoms with van der Waals surface area (Å²) in [6.45, 7) is 3.47. The fourth-order valence-electron chi connectivity index (χ4n) is 1.48. The van der Waals surface area contributed by atoms with Crippen LogP contribution in [0.1, 0.15) is 18.9 Å². The number of hydrogen-bond donors (Lipinski definition) is 1. The van der Waals surface area contributed by atoms with E-state index in [1.165, 1.54) is 11.0 Å². The van der Waals surface area contributed by atoms with Crippen LogP contribution in [0.2, 0.25) is 0 Å². The lowest BCUT2D eigenvalue weighted by atomic mass is 10.2. The van der Waals surface area contributed by atoms with Crippen LogP contribution in [0.4, 0.5) is 4.39 Å². The van der Waals surface area contributed by atoms with Crippen molar-refractivity contribution in [1.29, 1.82) is 0 Å². The molecule has 0 fully saturated rings. The highest BCUT2D eigenvalue weighted by molar-refractivity contribution is 5.77. The summed E-state index contributed by atoms with van der Waals surface area (Å²) >= 11 is 0.